The lowest BCUT2D eigenvalue weighted by atomic mass is 10.2. The van der Waals surface area contributed by atoms with E-state index in [0.29, 0.717) is 38.7 Å². The van der Waals surface area contributed by atoms with Crippen molar-refractivity contribution in [3.63, 3.8) is 0 Å². The first-order chi connectivity index (χ1) is 19.6. The number of nitrogens with one attached hydrogen (secondary N) is 1. The number of amidine groups is 1. The highest BCUT2D eigenvalue weighted by Crippen LogP contribution is 2.37. The SMILES string of the molecule is COCCC(=NS(=O)(=O)Cc1ccc(Cl)c(Cl)c1)Nc1ccc(Oc2ccnc3cc(OC)c(OC)cc23)c(F)c1. The Kier molecular flexibility index (Phi) is 9.87. The van der Waals surface area contributed by atoms with Crippen LogP contribution in [0, 0.1) is 5.82 Å². The molecule has 1 N–H and O–H groups in total. The minimum Gasteiger partial charge on any atom is -0.493 e. The first-order valence-corrected chi connectivity index (χ1v) is 14.5. The fraction of sp³-hybridized carbons (Fsp3) is 0.214. The molecule has 1 heterocycles. The number of ether oxygens (including phenoxy) is 4. The van der Waals surface area contributed by atoms with E-state index >= 15 is 4.39 Å². The summed E-state index contributed by atoms with van der Waals surface area (Å²) in [4.78, 5) is 4.32. The number of fused-ring (bicyclic) bond motifs is 1. The number of rotatable bonds is 11. The van der Waals surface area contributed by atoms with Gasteiger partial charge in [0.2, 0.25) is 0 Å². The van der Waals surface area contributed by atoms with Crippen molar-refractivity contribution >= 4 is 55.7 Å². The number of hydrogen-bond acceptors (Lipinski definition) is 7. The summed E-state index contributed by atoms with van der Waals surface area (Å²) >= 11 is 11.9. The minimum atomic E-state index is -3.98. The fourth-order valence-corrected chi connectivity index (χ4v) is 5.31. The van der Waals surface area contributed by atoms with Gasteiger partial charge in [-0.05, 0) is 42.0 Å². The van der Waals surface area contributed by atoms with E-state index in [9.17, 15) is 8.42 Å². The standard InChI is InChI=1S/C28H26Cl2FN3O6S/c1-37-11-9-28(34-41(35,36)16-17-4-6-20(29)21(30)12-17)33-18-5-7-25(22(31)13-18)40-24-8-10-32-23-15-27(39-3)26(38-2)14-19(23)24/h4-8,10,12-15H,9,11,16H2,1-3H3,(H,33,34). The summed E-state index contributed by atoms with van der Waals surface area (Å²) in [5, 5.41) is 4.01. The van der Waals surface area contributed by atoms with Crippen molar-refractivity contribution in [1.82, 2.24) is 4.98 Å². The topological polar surface area (TPSA) is 108 Å². The molecule has 1 aromatic heterocycles. The Morgan fingerprint density at radius 1 is 0.927 bits per heavy atom. The van der Waals surface area contributed by atoms with Crippen LogP contribution in [-0.4, -0.2) is 47.2 Å². The van der Waals surface area contributed by atoms with Crippen LogP contribution in [0.2, 0.25) is 10.0 Å². The van der Waals surface area contributed by atoms with Crippen LogP contribution >= 0.6 is 23.2 Å². The van der Waals surface area contributed by atoms with Crippen LogP contribution in [0.4, 0.5) is 10.1 Å². The highest BCUT2D eigenvalue weighted by molar-refractivity contribution is 7.89. The monoisotopic (exact) mass is 621 g/mol. The van der Waals surface area contributed by atoms with Gasteiger partial charge < -0.3 is 24.3 Å². The first kappa shape index (κ1) is 30.3. The summed E-state index contributed by atoms with van der Waals surface area (Å²) in [6.07, 6.45) is 1.67. The normalized spacial score (nSPS) is 11.9. The minimum absolute atomic E-state index is 0.0551. The zero-order valence-electron chi connectivity index (χ0n) is 22.3. The molecule has 9 nitrogen and oxygen atoms in total. The number of halogens is 3. The Hall–Kier alpha value is -3.64. The number of hydrogen-bond donors (Lipinski definition) is 1. The third-order valence-corrected chi connectivity index (χ3v) is 7.71. The Morgan fingerprint density at radius 2 is 1.68 bits per heavy atom. The number of sulfonamides is 1. The summed E-state index contributed by atoms with van der Waals surface area (Å²) in [5.41, 5.74) is 1.25. The van der Waals surface area contributed by atoms with Gasteiger partial charge in [-0.15, -0.1) is 4.40 Å². The van der Waals surface area contributed by atoms with Crippen LogP contribution in [0.1, 0.15) is 12.0 Å². The van der Waals surface area contributed by atoms with Crippen LogP contribution in [0.15, 0.2) is 65.2 Å². The van der Waals surface area contributed by atoms with Crippen LogP contribution < -0.4 is 19.5 Å². The maximum absolute atomic E-state index is 15.2. The van der Waals surface area contributed by atoms with Crippen molar-refractivity contribution in [2.45, 2.75) is 12.2 Å². The molecule has 0 aliphatic heterocycles. The third-order valence-electron chi connectivity index (χ3n) is 5.77. The molecule has 3 aromatic carbocycles. The van der Waals surface area contributed by atoms with Crippen LogP contribution in [-0.2, 0) is 20.5 Å². The van der Waals surface area contributed by atoms with Crippen molar-refractivity contribution < 1.29 is 31.8 Å². The van der Waals surface area contributed by atoms with Crippen molar-refractivity contribution in [2.24, 2.45) is 4.40 Å². The molecule has 0 spiro atoms. The highest BCUT2D eigenvalue weighted by Gasteiger charge is 2.16. The van der Waals surface area contributed by atoms with Crippen molar-refractivity contribution in [1.29, 1.82) is 0 Å². The largest absolute Gasteiger partial charge is 0.493 e. The maximum atomic E-state index is 15.2. The highest BCUT2D eigenvalue weighted by atomic mass is 35.5. The number of benzene rings is 3. The number of anilines is 1. The summed E-state index contributed by atoms with van der Waals surface area (Å²) in [6.45, 7) is 0.182. The lowest BCUT2D eigenvalue weighted by molar-refractivity contribution is 0.207. The molecule has 0 aliphatic rings. The zero-order valence-corrected chi connectivity index (χ0v) is 24.6. The lowest BCUT2D eigenvalue weighted by Gasteiger charge is -2.14. The van der Waals surface area contributed by atoms with Crippen molar-refractivity contribution in [3.05, 3.63) is 82.2 Å². The second-order valence-corrected chi connectivity index (χ2v) is 11.1. The van der Waals surface area contributed by atoms with Gasteiger partial charge >= 0.3 is 0 Å². The second kappa shape index (κ2) is 13.3. The number of aromatic nitrogens is 1. The third kappa shape index (κ3) is 7.76. The van der Waals surface area contributed by atoms with Gasteiger partial charge in [0.15, 0.2) is 23.1 Å². The van der Waals surface area contributed by atoms with E-state index in [2.05, 4.69) is 14.7 Å². The molecule has 0 saturated carbocycles. The molecule has 41 heavy (non-hydrogen) atoms. The van der Waals surface area contributed by atoms with E-state index in [1.54, 1.807) is 30.3 Å². The van der Waals surface area contributed by atoms with Gasteiger partial charge in [-0.1, -0.05) is 29.3 Å². The molecule has 0 amide bonds. The maximum Gasteiger partial charge on any atom is 0.258 e. The molecule has 0 aliphatic carbocycles. The van der Waals surface area contributed by atoms with E-state index in [4.69, 9.17) is 42.1 Å². The first-order valence-electron chi connectivity index (χ1n) is 12.1. The molecular formula is C28H26Cl2FN3O6S. The molecule has 0 bridgehead atoms. The van der Waals surface area contributed by atoms with Gasteiger partial charge in [0.05, 0.1) is 42.1 Å². The van der Waals surface area contributed by atoms with Gasteiger partial charge in [-0.2, -0.15) is 0 Å². The van der Waals surface area contributed by atoms with E-state index < -0.39 is 21.6 Å². The van der Waals surface area contributed by atoms with Crippen LogP contribution in [0.25, 0.3) is 10.9 Å². The molecule has 0 saturated heterocycles. The summed E-state index contributed by atoms with van der Waals surface area (Å²) in [6, 6.07) is 13.7. The summed E-state index contributed by atoms with van der Waals surface area (Å²) in [5.74, 6) is 0.240. The smallest absolute Gasteiger partial charge is 0.258 e. The second-order valence-electron chi connectivity index (χ2n) is 8.66. The quantitative estimate of drug-likeness (QED) is 0.143. The molecule has 0 fully saturated rings. The molecule has 0 radical (unpaired) electrons. The van der Waals surface area contributed by atoms with E-state index in [-0.39, 0.29) is 35.3 Å². The number of methoxy groups -OCH3 is 3. The van der Waals surface area contributed by atoms with Gasteiger partial charge in [-0.3, -0.25) is 4.98 Å². The molecule has 0 atom stereocenters. The van der Waals surface area contributed by atoms with Crippen LogP contribution in [0.5, 0.6) is 23.0 Å². The van der Waals surface area contributed by atoms with E-state index in [1.807, 2.05) is 0 Å². The predicted octanol–water partition coefficient (Wildman–Crippen LogP) is 6.87. The Bertz CT molecular complexity index is 1700. The molecule has 4 aromatic rings. The zero-order chi connectivity index (χ0) is 29.6. The molecule has 4 rings (SSSR count). The fourth-order valence-electron chi connectivity index (χ4n) is 3.85. The van der Waals surface area contributed by atoms with Gasteiger partial charge in [-0.25, -0.2) is 12.8 Å². The molecule has 0 unspecified atom stereocenters. The Balaban J connectivity index is 1.57. The Labute approximate surface area is 246 Å². The summed E-state index contributed by atoms with van der Waals surface area (Å²) in [7, 11) is 0.522. The Morgan fingerprint density at radius 3 is 2.37 bits per heavy atom. The summed E-state index contributed by atoms with van der Waals surface area (Å²) < 4.78 is 66.4. The molecule has 13 heteroatoms. The average Bonchev–Trinajstić information content (AvgIpc) is 2.94. The van der Waals surface area contributed by atoms with E-state index in [1.165, 1.54) is 51.8 Å². The van der Waals surface area contributed by atoms with E-state index in [0.717, 1.165) is 0 Å². The number of nitrogens with zero attached hydrogens (tertiary/aromatic N) is 2. The van der Waals surface area contributed by atoms with Gasteiger partial charge in [0.1, 0.15) is 11.6 Å². The van der Waals surface area contributed by atoms with Gasteiger partial charge in [0, 0.05) is 42.9 Å². The van der Waals surface area contributed by atoms with Crippen molar-refractivity contribution in [3.8, 4) is 23.0 Å². The van der Waals surface area contributed by atoms with Crippen molar-refractivity contribution in [2.75, 3.05) is 33.3 Å². The van der Waals surface area contributed by atoms with Crippen LogP contribution in [0.3, 0.4) is 0 Å². The number of pyridine rings is 1. The molecular weight excluding hydrogens is 596 g/mol. The predicted molar refractivity (Wildman–Crippen MR) is 158 cm³/mol. The average molecular weight is 623 g/mol. The lowest BCUT2D eigenvalue weighted by Crippen LogP contribution is -2.17. The van der Waals surface area contributed by atoms with Gasteiger partial charge in [0.25, 0.3) is 10.0 Å². The molecule has 216 valence electrons.